The lowest BCUT2D eigenvalue weighted by molar-refractivity contribution is 1.33. The van der Waals surface area contributed by atoms with Crippen molar-refractivity contribution < 1.29 is 0 Å². The Kier molecular flexibility index (Phi) is 2.37. The van der Waals surface area contributed by atoms with Gasteiger partial charge in [0.1, 0.15) is 0 Å². The van der Waals surface area contributed by atoms with Crippen molar-refractivity contribution in [2.75, 3.05) is 5.73 Å². The van der Waals surface area contributed by atoms with E-state index < -0.39 is 0 Å². The Bertz CT molecular complexity index is 411. The second-order valence-electron chi connectivity index (χ2n) is 2.94. The predicted octanol–water partition coefficient (Wildman–Crippen LogP) is 2.98. The van der Waals surface area contributed by atoms with E-state index in [1.165, 1.54) is 0 Å². The Labute approximate surface area is 87.4 Å². The highest BCUT2D eigenvalue weighted by Crippen LogP contribution is 2.30. The SMILES string of the molecule is Nc1ccccc1-c1cnccc1Cl. The minimum absolute atomic E-state index is 0.665. The van der Waals surface area contributed by atoms with Gasteiger partial charge in [-0.1, -0.05) is 29.8 Å². The van der Waals surface area contributed by atoms with Crippen molar-refractivity contribution in [3.8, 4) is 11.1 Å². The number of hydrogen-bond donors (Lipinski definition) is 1. The van der Waals surface area contributed by atoms with Gasteiger partial charge in [0.25, 0.3) is 0 Å². The van der Waals surface area contributed by atoms with Gasteiger partial charge in [0, 0.05) is 29.2 Å². The highest BCUT2D eigenvalue weighted by molar-refractivity contribution is 6.33. The molecular formula is C11H9ClN2. The van der Waals surface area contributed by atoms with Gasteiger partial charge in [-0.2, -0.15) is 0 Å². The molecule has 2 aromatic rings. The molecule has 2 N–H and O–H groups in total. The summed E-state index contributed by atoms with van der Waals surface area (Å²) in [5, 5.41) is 0.665. The van der Waals surface area contributed by atoms with E-state index in [0.717, 1.165) is 11.1 Å². The molecule has 2 nitrogen and oxygen atoms in total. The molecule has 0 bridgehead atoms. The third-order valence-electron chi connectivity index (χ3n) is 2.02. The first kappa shape index (κ1) is 9.03. The Balaban J connectivity index is 2.61. The van der Waals surface area contributed by atoms with Gasteiger partial charge < -0.3 is 5.73 Å². The zero-order valence-corrected chi connectivity index (χ0v) is 8.20. The van der Waals surface area contributed by atoms with Gasteiger partial charge in [0.05, 0.1) is 5.02 Å². The molecule has 0 aliphatic heterocycles. The number of benzene rings is 1. The molecule has 0 aliphatic carbocycles. The van der Waals surface area contributed by atoms with Gasteiger partial charge in [-0.3, -0.25) is 4.98 Å². The van der Waals surface area contributed by atoms with Crippen LogP contribution < -0.4 is 5.73 Å². The summed E-state index contributed by atoms with van der Waals surface area (Å²) in [7, 11) is 0. The van der Waals surface area contributed by atoms with Gasteiger partial charge in [-0.25, -0.2) is 0 Å². The number of aromatic nitrogens is 1. The highest BCUT2D eigenvalue weighted by Gasteiger charge is 2.05. The highest BCUT2D eigenvalue weighted by atomic mass is 35.5. The first-order chi connectivity index (χ1) is 6.79. The van der Waals surface area contributed by atoms with E-state index in [-0.39, 0.29) is 0 Å². The largest absolute Gasteiger partial charge is 0.398 e. The Hall–Kier alpha value is -1.54. The summed E-state index contributed by atoms with van der Waals surface area (Å²) in [4.78, 5) is 4.02. The maximum absolute atomic E-state index is 6.04. The Morgan fingerprint density at radius 3 is 2.57 bits per heavy atom. The van der Waals surface area contributed by atoms with Crippen molar-refractivity contribution in [1.82, 2.24) is 4.98 Å². The lowest BCUT2D eigenvalue weighted by Crippen LogP contribution is -1.90. The number of halogens is 1. The van der Waals surface area contributed by atoms with Crippen LogP contribution in [0.15, 0.2) is 42.7 Å². The van der Waals surface area contributed by atoms with Gasteiger partial charge in [0.2, 0.25) is 0 Å². The molecule has 0 atom stereocenters. The van der Waals surface area contributed by atoms with Crippen molar-refractivity contribution in [2.45, 2.75) is 0 Å². The molecule has 70 valence electrons. The standard InChI is InChI=1S/C11H9ClN2/c12-10-5-6-14-7-9(10)8-3-1-2-4-11(8)13/h1-7H,13H2. The second-order valence-corrected chi connectivity index (χ2v) is 3.35. The third-order valence-corrected chi connectivity index (χ3v) is 2.35. The number of pyridine rings is 1. The molecule has 3 heteroatoms. The summed E-state index contributed by atoms with van der Waals surface area (Å²) in [5.41, 5.74) is 8.34. The van der Waals surface area contributed by atoms with Crippen LogP contribution >= 0.6 is 11.6 Å². The predicted molar refractivity (Wildman–Crippen MR) is 59.1 cm³/mol. The molecule has 0 fully saturated rings. The smallest absolute Gasteiger partial charge is 0.0515 e. The van der Waals surface area contributed by atoms with Crippen LogP contribution in [0.3, 0.4) is 0 Å². The lowest BCUT2D eigenvalue weighted by atomic mass is 10.1. The van der Waals surface area contributed by atoms with E-state index in [0.29, 0.717) is 10.7 Å². The molecule has 2 rings (SSSR count). The normalized spacial score (nSPS) is 10.1. The van der Waals surface area contributed by atoms with Crippen LogP contribution in [0, 0.1) is 0 Å². The van der Waals surface area contributed by atoms with Gasteiger partial charge in [-0.15, -0.1) is 0 Å². The first-order valence-corrected chi connectivity index (χ1v) is 4.61. The molecule has 0 spiro atoms. The van der Waals surface area contributed by atoms with Crippen LogP contribution in [0.1, 0.15) is 0 Å². The average Bonchev–Trinajstić information content (AvgIpc) is 2.20. The zero-order chi connectivity index (χ0) is 9.97. The van der Waals surface area contributed by atoms with Crippen LogP contribution in [-0.2, 0) is 0 Å². The summed E-state index contributed by atoms with van der Waals surface area (Å²) in [6, 6.07) is 9.35. The number of nitrogens with two attached hydrogens (primary N) is 1. The van der Waals surface area contributed by atoms with E-state index >= 15 is 0 Å². The fourth-order valence-corrected chi connectivity index (χ4v) is 1.52. The van der Waals surface area contributed by atoms with Gasteiger partial charge in [0.15, 0.2) is 0 Å². The molecular weight excluding hydrogens is 196 g/mol. The first-order valence-electron chi connectivity index (χ1n) is 4.23. The number of anilines is 1. The van der Waals surface area contributed by atoms with Crippen molar-refractivity contribution in [3.05, 3.63) is 47.7 Å². The molecule has 0 saturated heterocycles. The summed E-state index contributed by atoms with van der Waals surface area (Å²) >= 11 is 6.04. The van der Waals surface area contributed by atoms with E-state index in [4.69, 9.17) is 17.3 Å². The third kappa shape index (κ3) is 1.56. The van der Waals surface area contributed by atoms with Crippen molar-refractivity contribution in [1.29, 1.82) is 0 Å². The summed E-state index contributed by atoms with van der Waals surface area (Å²) in [6.07, 6.45) is 3.37. The van der Waals surface area contributed by atoms with Crippen molar-refractivity contribution >= 4 is 17.3 Å². The summed E-state index contributed by atoms with van der Waals surface area (Å²) in [6.45, 7) is 0. The number of nitrogen functional groups attached to an aromatic ring is 1. The molecule has 1 aromatic heterocycles. The monoisotopic (exact) mass is 204 g/mol. The van der Waals surface area contributed by atoms with E-state index in [2.05, 4.69) is 4.98 Å². The van der Waals surface area contributed by atoms with Crippen LogP contribution in [-0.4, -0.2) is 4.98 Å². The van der Waals surface area contributed by atoms with E-state index in [9.17, 15) is 0 Å². The molecule has 0 amide bonds. The van der Waals surface area contributed by atoms with Crippen LogP contribution in [0.4, 0.5) is 5.69 Å². The van der Waals surface area contributed by atoms with E-state index in [1.54, 1.807) is 18.5 Å². The van der Waals surface area contributed by atoms with Crippen LogP contribution in [0.2, 0.25) is 5.02 Å². The maximum atomic E-state index is 6.04. The van der Waals surface area contributed by atoms with Gasteiger partial charge >= 0.3 is 0 Å². The number of rotatable bonds is 1. The number of para-hydroxylation sites is 1. The quantitative estimate of drug-likeness (QED) is 0.726. The minimum Gasteiger partial charge on any atom is -0.398 e. The molecule has 0 aliphatic rings. The molecule has 0 unspecified atom stereocenters. The Morgan fingerprint density at radius 2 is 1.86 bits per heavy atom. The van der Waals surface area contributed by atoms with Gasteiger partial charge in [-0.05, 0) is 12.1 Å². The molecule has 14 heavy (non-hydrogen) atoms. The molecule has 1 aromatic carbocycles. The topological polar surface area (TPSA) is 38.9 Å². The van der Waals surface area contributed by atoms with E-state index in [1.807, 2.05) is 24.3 Å². The fraction of sp³-hybridized carbons (Fsp3) is 0. The number of nitrogens with zero attached hydrogens (tertiary/aromatic N) is 1. The molecule has 0 radical (unpaired) electrons. The second kappa shape index (κ2) is 3.68. The van der Waals surface area contributed by atoms with Crippen molar-refractivity contribution in [2.24, 2.45) is 0 Å². The average molecular weight is 205 g/mol. The lowest BCUT2D eigenvalue weighted by Gasteiger charge is -2.06. The summed E-state index contributed by atoms with van der Waals surface area (Å²) in [5.74, 6) is 0. The fourth-order valence-electron chi connectivity index (χ4n) is 1.32. The Morgan fingerprint density at radius 1 is 1.07 bits per heavy atom. The number of hydrogen-bond acceptors (Lipinski definition) is 2. The van der Waals surface area contributed by atoms with Crippen LogP contribution in [0.25, 0.3) is 11.1 Å². The zero-order valence-electron chi connectivity index (χ0n) is 7.44. The van der Waals surface area contributed by atoms with Crippen LogP contribution in [0.5, 0.6) is 0 Å². The summed E-state index contributed by atoms with van der Waals surface area (Å²) < 4.78 is 0. The molecule has 1 heterocycles. The van der Waals surface area contributed by atoms with Crippen molar-refractivity contribution in [3.63, 3.8) is 0 Å². The minimum atomic E-state index is 0.665. The molecule has 0 saturated carbocycles. The maximum Gasteiger partial charge on any atom is 0.0515 e.